The van der Waals surface area contributed by atoms with Gasteiger partial charge in [0.2, 0.25) is 0 Å². The number of aryl methyl sites for hydroxylation is 1. The fourth-order valence-electron chi connectivity index (χ4n) is 2.56. The summed E-state index contributed by atoms with van der Waals surface area (Å²) in [6, 6.07) is 14.1. The molecule has 2 aromatic carbocycles. The molecule has 0 spiro atoms. The van der Waals surface area contributed by atoms with Crippen molar-refractivity contribution in [1.29, 1.82) is 0 Å². The highest BCUT2D eigenvalue weighted by atomic mass is 16.5. The minimum absolute atomic E-state index is 0.189. The number of rotatable bonds is 8. The molecule has 2 aromatic rings. The molecule has 0 atom stereocenters. The van der Waals surface area contributed by atoms with Crippen LogP contribution in [0.1, 0.15) is 31.4 Å². The third-order valence-corrected chi connectivity index (χ3v) is 4.16. The molecule has 0 aliphatic rings. The molecular formula is C21H27NO3. The van der Waals surface area contributed by atoms with E-state index in [4.69, 9.17) is 19.2 Å². The van der Waals surface area contributed by atoms with E-state index in [9.17, 15) is 0 Å². The minimum atomic E-state index is -0.189. The summed E-state index contributed by atoms with van der Waals surface area (Å²) in [7, 11) is 4.88. The Bertz CT molecular complexity index is 683. The second kappa shape index (κ2) is 8.56. The van der Waals surface area contributed by atoms with Crippen molar-refractivity contribution in [2.24, 2.45) is 4.99 Å². The molecule has 0 saturated carbocycles. The second-order valence-electron chi connectivity index (χ2n) is 6.50. The molecule has 0 heterocycles. The van der Waals surface area contributed by atoms with Gasteiger partial charge in [-0.3, -0.25) is 4.99 Å². The van der Waals surface area contributed by atoms with Crippen LogP contribution in [0, 0.1) is 0 Å². The Hall–Kier alpha value is -2.49. The molecule has 0 aliphatic carbocycles. The van der Waals surface area contributed by atoms with Crippen LogP contribution in [0.2, 0.25) is 0 Å². The van der Waals surface area contributed by atoms with Gasteiger partial charge in [0.25, 0.3) is 0 Å². The van der Waals surface area contributed by atoms with Gasteiger partial charge < -0.3 is 14.2 Å². The summed E-state index contributed by atoms with van der Waals surface area (Å²) in [4.78, 5) is 4.79. The van der Waals surface area contributed by atoms with Crippen LogP contribution in [0.5, 0.6) is 17.2 Å². The second-order valence-corrected chi connectivity index (χ2v) is 6.50. The van der Waals surface area contributed by atoms with Crippen LogP contribution in [-0.2, 0) is 6.42 Å². The number of aliphatic imine (C=N–C) groups is 1. The van der Waals surface area contributed by atoms with Crippen molar-refractivity contribution in [2.45, 2.75) is 32.2 Å². The van der Waals surface area contributed by atoms with E-state index in [1.807, 2.05) is 24.4 Å². The number of ether oxygens (including phenoxy) is 3. The summed E-state index contributed by atoms with van der Waals surface area (Å²) < 4.78 is 16.2. The molecule has 2 rings (SSSR count). The fourth-order valence-corrected chi connectivity index (χ4v) is 2.56. The highest BCUT2D eigenvalue weighted by Gasteiger charge is 2.17. The quantitative estimate of drug-likeness (QED) is 0.662. The van der Waals surface area contributed by atoms with E-state index in [0.29, 0.717) is 17.2 Å². The first-order valence-corrected chi connectivity index (χ1v) is 8.38. The number of hydrogen-bond acceptors (Lipinski definition) is 4. The predicted octanol–water partition coefficient (Wildman–Crippen LogP) is 4.54. The third-order valence-electron chi connectivity index (χ3n) is 4.16. The van der Waals surface area contributed by atoms with Crippen molar-refractivity contribution in [3.05, 3.63) is 53.6 Å². The van der Waals surface area contributed by atoms with E-state index in [-0.39, 0.29) is 5.54 Å². The lowest BCUT2D eigenvalue weighted by atomic mass is 9.96. The monoisotopic (exact) mass is 341 g/mol. The number of benzene rings is 2. The Morgan fingerprint density at radius 2 is 1.52 bits per heavy atom. The maximum Gasteiger partial charge on any atom is 0.135 e. The van der Waals surface area contributed by atoms with E-state index < -0.39 is 0 Å². The molecule has 0 amide bonds. The van der Waals surface area contributed by atoms with E-state index in [2.05, 4.69) is 38.1 Å². The first-order valence-electron chi connectivity index (χ1n) is 8.38. The molecule has 0 N–H and O–H groups in total. The van der Waals surface area contributed by atoms with Crippen molar-refractivity contribution < 1.29 is 14.2 Å². The summed E-state index contributed by atoms with van der Waals surface area (Å²) in [5, 5.41) is 0. The average molecular weight is 341 g/mol. The summed E-state index contributed by atoms with van der Waals surface area (Å²) in [6.07, 6.45) is 3.78. The van der Waals surface area contributed by atoms with Gasteiger partial charge in [0.1, 0.15) is 17.2 Å². The lowest BCUT2D eigenvalue weighted by molar-refractivity contribution is 0.374. The Morgan fingerprint density at radius 1 is 0.920 bits per heavy atom. The molecular weight excluding hydrogens is 314 g/mol. The highest BCUT2D eigenvalue weighted by molar-refractivity contribution is 5.88. The normalized spacial score (nSPS) is 11.6. The zero-order valence-corrected chi connectivity index (χ0v) is 15.7. The van der Waals surface area contributed by atoms with Crippen LogP contribution in [-0.4, -0.2) is 33.1 Å². The third kappa shape index (κ3) is 5.24. The molecule has 0 unspecified atom stereocenters. The standard InChI is InChI=1S/C21H27NO3/c1-21(2,12-11-16-9-7-6-8-10-16)22-15-18-19(24-4)13-17(23-3)14-20(18)25-5/h6-10,13-15H,11-12H2,1-5H3. The van der Waals surface area contributed by atoms with Gasteiger partial charge in [0, 0.05) is 18.3 Å². The van der Waals surface area contributed by atoms with Gasteiger partial charge in [-0.25, -0.2) is 0 Å². The summed E-state index contributed by atoms with van der Waals surface area (Å²) in [5.74, 6) is 2.05. The van der Waals surface area contributed by atoms with Crippen LogP contribution in [0.3, 0.4) is 0 Å². The molecule has 25 heavy (non-hydrogen) atoms. The van der Waals surface area contributed by atoms with Gasteiger partial charge in [-0.15, -0.1) is 0 Å². The summed E-state index contributed by atoms with van der Waals surface area (Å²) in [6.45, 7) is 4.27. The van der Waals surface area contributed by atoms with Gasteiger partial charge in [-0.2, -0.15) is 0 Å². The van der Waals surface area contributed by atoms with Gasteiger partial charge in [-0.05, 0) is 32.3 Å². The van der Waals surface area contributed by atoms with E-state index >= 15 is 0 Å². The molecule has 0 fully saturated rings. The van der Waals surface area contributed by atoms with Crippen LogP contribution >= 0.6 is 0 Å². The van der Waals surface area contributed by atoms with Crippen molar-refractivity contribution in [1.82, 2.24) is 0 Å². The summed E-state index contributed by atoms with van der Waals surface area (Å²) in [5.41, 5.74) is 1.95. The van der Waals surface area contributed by atoms with Crippen LogP contribution < -0.4 is 14.2 Å². The lowest BCUT2D eigenvalue weighted by Crippen LogP contribution is -2.18. The SMILES string of the molecule is COc1cc(OC)c(C=NC(C)(C)CCc2ccccc2)c(OC)c1. The maximum atomic E-state index is 5.47. The van der Waals surface area contributed by atoms with Crippen molar-refractivity contribution in [3.63, 3.8) is 0 Å². The first kappa shape index (κ1) is 18.8. The van der Waals surface area contributed by atoms with Crippen molar-refractivity contribution >= 4 is 6.21 Å². The smallest absolute Gasteiger partial charge is 0.135 e. The largest absolute Gasteiger partial charge is 0.496 e. The van der Waals surface area contributed by atoms with E-state index in [1.54, 1.807) is 21.3 Å². The van der Waals surface area contributed by atoms with Crippen LogP contribution in [0.4, 0.5) is 0 Å². The Balaban J connectivity index is 2.18. The topological polar surface area (TPSA) is 40.0 Å². The Morgan fingerprint density at radius 3 is 2.04 bits per heavy atom. The minimum Gasteiger partial charge on any atom is -0.496 e. The van der Waals surface area contributed by atoms with Crippen molar-refractivity contribution in [3.8, 4) is 17.2 Å². The number of nitrogens with zero attached hydrogens (tertiary/aromatic N) is 1. The zero-order valence-electron chi connectivity index (χ0n) is 15.7. The maximum absolute atomic E-state index is 5.47. The number of hydrogen-bond donors (Lipinski definition) is 0. The molecule has 4 heteroatoms. The Kier molecular flexibility index (Phi) is 6.45. The van der Waals surface area contributed by atoms with E-state index in [0.717, 1.165) is 18.4 Å². The van der Waals surface area contributed by atoms with Crippen LogP contribution in [0.15, 0.2) is 47.5 Å². The fraction of sp³-hybridized carbons (Fsp3) is 0.381. The van der Waals surface area contributed by atoms with Crippen LogP contribution in [0.25, 0.3) is 0 Å². The number of methoxy groups -OCH3 is 3. The first-order chi connectivity index (χ1) is 12.0. The zero-order chi connectivity index (χ0) is 18.3. The molecule has 0 aromatic heterocycles. The molecule has 0 saturated heterocycles. The van der Waals surface area contributed by atoms with Crippen molar-refractivity contribution in [2.75, 3.05) is 21.3 Å². The lowest BCUT2D eigenvalue weighted by Gasteiger charge is -2.20. The molecule has 0 radical (unpaired) electrons. The summed E-state index contributed by atoms with van der Waals surface area (Å²) >= 11 is 0. The average Bonchev–Trinajstić information content (AvgIpc) is 2.65. The van der Waals surface area contributed by atoms with Gasteiger partial charge >= 0.3 is 0 Å². The molecule has 0 bridgehead atoms. The molecule has 0 aliphatic heterocycles. The van der Waals surface area contributed by atoms with E-state index in [1.165, 1.54) is 5.56 Å². The predicted molar refractivity (Wildman–Crippen MR) is 103 cm³/mol. The molecule has 134 valence electrons. The molecule has 4 nitrogen and oxygen atoms in total. The van der Waals surface area contributed by atoms with Gasteiger partial charge in [-0.1, -0.05) is 30.3 Å². The Labute approximate surface area is 150 Å². The highest BCUT2D eigenvalue weighted by Crippen LogP contribution is 2.33. The van der Waals surface area contributed by atoms with Gasteiger partial charge in [0.15, 0.2) is 0 Å². The van der Waals surface area contributed by atoms with Gasteiger partial charge in [0.05, 0.1) is 32.4 Å².